The molecule has 4 aliphatic heterocycles. The van der Waals surface area contributed by atoms with E-state index in [-0.39, 0.29) is 35.1 Å². The fourth-order valence-electron chi connectivity index (χ4n) is 4.23. The van der Waals surface area contributed by atoms with Gasteiger partial charge in [0.15, 0.2) is 0 Å². The molecule has 4 heterocycles. The number of carbonyl (C=O) groups excluding carboxylic acids is 4. The van der Waals surface area contributed by atoms with Gasteiger partial charge < -0.3 is 9.64 Å². The first kappa shape index (κ1) is 16.4. The Balaban J connectivity index is 1.44. The third-order valence-electron chi connectivity index (χ3n) is 5.72. The lowest BCUT2D eigenvalue weighted by Crippen LogP contribution is -2.66. The molecule has 9 heteroatoms. The Labute approximate surface area is 153 Å². The van der Waals surface area contributed by atoms with Gasteiger partial charge in [0.1, 0.15) is 11.9 Å². The van der Waals surface area contributed by atoms with Crippen molar-refractivity contribution < 1.29 is 28.3 Å². The summed E-state index contributed by atoms with van der Waals surface area (Å²) in [7, 11) is 0. The molecule has 0 radical (unpaired) electrons. The Bertz CT molecular complexity index is 918. The number of rotatable bonds is 2. The number of halogens is 1. The van der Waals surface area contributed by atoms with Gasteiger partial charge in [-0.05, 0) is 18.6 Å². The minimum absolute atomic E-state index is 0.0430. The number of benzene rings is 1. The minimum atomic E-state index is -1.05. The molecule has 1 aromatic rings. The first-order valence-electron chi connectivity index (χ1n) is 8.76. The van der Waals surface area contributed by atoms with Crippen molar-refractivity contribution in [2.45, 2.75) is 18.9 Å². The number of ether oxygens (including phenoxy) is 1. The molecule has 1 aromatic carbocycles. The fraction of sp³-hybridized carbons (Fsp3) is 0.444. The van der Waals surface area contributed by atoms with E-state index in [1.165, 1.54) is 6.07 Å². The van der Waals surface area contributed by atoms with Crippen LogP contribution in [0, 0.1) is 11.2 Å². The average molecular weight is 373 g/mol. The van der Waals surface area contributed by atoms with Gasteiger partial charge in [-0.15, -0.1) is 0 Å². The van der Waals surface area contributed by atoms with Crippen LogP contribution >= 0.6 is 0 Å². The maximum Gasteiger partial charge on any atom is 0.262 e. The number of imide groups is 2. The van der Waals surface area contributed by atoms with Crippen molar-refractivity contribution in [2.75, 3.05) is 31.2 Å². The summed E-state index contributed by atoms with van der Waals surface area (Å²) in [5, 5.41) is 2.14. The van der Waals surface area contributed by atoms with Gasteiger partial charge in [0.2, 0.25) is 11.8 Å². The van der Waals surface area contributed by atoms with E-state index in [1.807, 2.05) is 4.90 Å². The van der Waals surface area contributed by atoms with Crippen LogP contribution in [0.25, 0.3) is 0 Å². The summed E-state index contributed by atoms with van der Waals surface area (Å²) < 4.78 is 19.8. The van der Waals surface area contributed by atoms with Gasteiger partial charge in [0.25, 0.3) is 11.8 Å². The monoisotopic (exact) mass is 373 g/mol. The number of fused-ring (bicyclic) bond motifs is 1. The SMILES string of the molecule is O=C1CCC(N2C(=O)c3cc(F)c(N4CC5(COC5)C4)cc3C2=O)C(=O)N1. The van der Waals surface area contributed by atoms with Gasteiger partial charge in [0.05, 0.1) is 35.4 Å². The first-order valence-corrected chi connectivity index (χ1v) is 8.76. The van der Waals surface area contributed by atoms with Crippen molar-refractivity contribution in [1.82, 2.24) is 10.2 Å². The number of hydrogen-bond donors (Lipinski definition) is 1. The Morgan fingerprint density at radius 2 is 1.74 bits per heavy atom. The second-order valence-corrected chi connectivity index (χ2v) is 7.65. The molecule has 1 spiro atoms. The van der Waals surface area contributed by atoms with E-state index in [4.69, 9.17) is 4.74 Å². The molecular weight excluding hydrogens is 357 g/mol. The standard InChI is InChI=1S/C18H16FN3O5/c19-11-3-9-10(4-13(11)21-5-18(6-21)7-27-8-18)17(26)22(16(9)25)12-1-2-14(23)20-15(12)24/h3-4,12H,1-2,5-8H2,(H,20,23,24). The molecule has 0 aromatic heterocycles. The molecule has 0 saturated carbocycles. The lowest BCUT2D eigenvalue weighted by atomic mass is 9.77. The predicted octanol–water partition coefficient (Wildman–Crippen LogP) is 0.0635. The van der Waals surface area contributed by atoms with Gasteiger partial charge in [-0.2, -0.15) is 0 Å². The van der Waals surface area contributed by atoms with E-state index >= 15 is 0 Å². The van der Waals surface area contributed by atoms with E-state index in [0.29, 0.717) is 26.3 Å². The van der Waals surface area contributed by atoms with Crippen LogP contribution in [0.1, 0.15) is 33.6 Å². The summed E-state index contributed by atoms with van der Waals surface area (Å²) in [4.78, 5) is 51.5. The molecular formula is C18H16FN3O5. The van der Waals surface area contributed by atoms with Gasteiger partial charge in [-0.1, -0.05) is 0 Å². The van der Waals surface area contributed by atoms with Crippen molar-refractivity contribution in [3.63, 3.8) is 0 Å². The van der Waals surface area contributed by atoms with Crippen molar-refractivity contribution in [2.24, 2.45) is 5.41 Å². The molecule has 1 N–H and O–H groups in total. The molecule has 0 aliphatic carbocycles. The second-order valence-electron chi connectivity index (χ2n) is 7.65. The minimum Gasteiger partial charge on any atom is -0.380 e. The number of nitrogens with zero attached hydrogens (tertiary/aromatic N) is 2. The molecule has 3 saturated heterocycles. The highest BCUT2D eigenvalue weighted by Gasteiger charge is 2.50. The number of amides is 4. The Morgan fingerprint density at radius 3 is 2.33 bits per heavy atom. The fourth-order valence-corrected chi connectivity index (χ4v) is 4.23. The number of carbonyl (C=O) groups is 4. The predicted molar refractivity (Wildman–Crippen MR) is 88.5 cm³/mol. The van der Waals surface area contributed by atoms with Gasteiger partial charge >= 0.3 is 0 Å². The van der Waals surface area contributed by atoms with E-state index in [1.54, 1.807) is 0 Å². The van der Waals surface area contributed by atoms with E-state index in [9.17, 15) is 23.6 Å². The third kappa shape index (κ3) is 2.24. The Morgan fingerprint density at radius 1 is 1.07 bits per heavy atom. The van der Waals surface area contributed by atoms with E-state index < -0.39 is 35.5 Å². The highest BCUT2D eigenvalue weighted by atomic mass is 19.1. The maximum absolute atomic E-state index is 14.6. The molecule has 27 heavy (non-hydrogen) atoms. The normalized spacial score (nSPS) is 26.0. The van der Waals surface area contributed by atoms with Crippen LogP contribution in [-0.4, -0.2) is 60.9 Å². The summed E-state index contributed by atoms with van der Waals surface area (Å²) in [6.45, 7) is 2.58. The largest absolute Gasteiger partial charge is 0.380 e. The first-order chi connectivity index (χ1) is 12.9. The molecule has 1 atom stereocenters. The topological polar surface area (TPSA) is 96.0 Å². The molecule has 0 bridgehead atoms. The molecule has 1 unspecified atom stereocenters. The molecule has 8 nitrogen and oxygen atoms in total. The van der Waals surface area contributed by atoms with E-state index in [2.05, 4.69) is 5.32 Å². The van der Waals surface area contributed by atoms with Crippen LogP contribution in [0.4, 0.5) is 10.1 Å². The summed E-state index contributed by atoms with van der Waals surface area (Å²) >= 11 is 0. The Kier molecular flexibility index (Phi) is 3.24. The zero-order valence-electron chi connectivity index (χ0n) is 14.3. The van der Waals surface area contributed by atoms with Crippen LogP contribution in [0.3, 0.4) is 0 Å². The number of hydrogen-bond acceptors (Lipinski definition) is 6. The Hall–Kier alpha value is -2.81. The summed E-state index contributed by atoms with van der Waals surface area (Å²) in [5.74, 6) is -3.03. The van der Waals surface area contributed by atoms with Gasteiger partial charge in [0, 0.05) is 19.5 Å². The quantitative estimate of drug-likeness (QED) is 0.737. The van der Waals surface area contributed by atoms with Crippen molar-refractivity contribution in [3.05, 3.63) is 29.1 Å². The summed E-state index contributed by atoms with van der Waals surface area (Å²) in [5.41, 5.74) is 0.391. The highest BCUT2D eigenvalue weighted by molar-refractivity contribution is 6.23. The second kappa shape index (κ2) is 5.35. The summed E-state index contributed by atoms with van der Waals surface area (Å²) in [6.07, 6.45) is 0.113. The maximum atomic E-state index is 14.6. The summed E-state index contributed by atoms with van der Waals surface area (Å²) in [6, 6.07) is 1.41. The average Bonchev–Trinajstić information content (AvgIpc) is 2.77. The highest BCUT2D eigenvalue weighted by Crippen LogP contribution is 2.42. The third-order valence-corrected chi connectivity index (χ3v) is 5.72. The van der Waals surface area contributed by atoms with Crippen LogP contribution in [-0.2, 0) is 14.3 Å². The van der Waals surface area contributed by atoms with Crippen LogP contribution in [0.2, 0.25) is 0 Å². The van der Waals surface area contributed by atoms with Crippen LogP contribution in [0.5, 0.6) is 0 Å². The number of nitrogens with one attached hydrogen (secondary N) is 1. The van der Waals surface area contributed by atoms with Crippen molar-refractivity contribution in [3.8, 4) is 0 Å². The van der Waals surface area contributed by atoms with Gasteiger partial charge in [-0.3, -0.25) is 29.4 Å². The molecule has 140 valence electrons. The van der Waals surface area contributed by atoms with Crippen LogP contribution in [0.15, 0.2) is 12.1 Å². The van der Waals surface area contributed by atoms with Crippen LogP contribution < -0.4 is 10.2 Å². The lowest BCUT2D eigenvalue weighted by Gasteiger charge is -2.56. The van der Waals surface area contributed by atoms with Gasteiger partial charge in [-0.25, -0.2) is 4.39 Å². The molecule has 4 amide bonds. The smallest absolute Gasteiger partial charge is 0.262 e. The zero-order chi connectivity index (χ0) is 18.9. The molecule has 4 aliphatic rings. The number of anilines is 1. The lowest BCUT2D eigenvalue weighted by molar-refractivity contribution is -0.136. The number of piperidine rings is 1. The van der Waals surface area contributed by atoms with Crippen molar-refractivity contribution >= 4 is 29.3 Å². The molecule has 3 fully saturated rings. The van der Waals surface area contributed by atoms with E-state index in [0.717, 1.165) is 11.0 Å². The molecule has 5 rings (SSSR count). The zero-order valence-corrected chi connectivity index (χ0v) is 14.3. The van der Waals surface area contributed by atoms with Crippen molar-refractivity contribution in [1.29, 1.82) is 0 Å².